The largest absolute Gasteiger partial charge is 0.486 e. The summed E-state index contributed by atoms with van der Waals surface area (Å²) in [5.74, 6) is 0.509. The third-order valence-electron chi connectivity index (χ3n) is 4.98. The zero-order chi connectivity index (χ0) is 21.3. The van der Waals surface area contributed by atoms with Gasteiger partial charge in [0.25, 0.3) is 5.91 Å². The number of fused-ring (bicyclic) bond motifs is 1. The van der Waals surface area contributed by atoms with Gasteiger partial charge < -0.3 is 10.1 Å². The van der Waals surface area contributed by atoms with Crippen LogP contribution in [0.1, 0.15) is 28.7 Å². The first kappa shape index (κ1) is 20.7. The molecule has 9 heteroatoms. The van der Waals surface area contributed by atoms with Crippen LogP contribution in [0.5, 0.6) is 5.75 Å². The van der Waals surface area contributed by atoms with Gasteiger partial charge in [0.2, 0.25) is 0 Å². The fourth-order valence-electron chi connectivity index (χ4n) is 3.46. The number of amides is 1. The topological polar surface area (TPSA) is 81.9 Å². The van der Waals surface area contributed by atoms with Crippen LogP contribution in [0.25, 0.3) is 11.3 Å². The Labute approximate surface area is 184 Å². The molecule has 0 spiro atoms. The van der Waals surface area contributed by atoms with Crippen LogP contribution in [0, 0.1) is 0 Å². The summed E-state index contributed by atoms with van der Waals surface area (Å²) in [6.45, 7) is 2.39. The summed E-state index contributed by atoms with van der Waals surface area (Å²) in [6.07, 6.45) is 4.95. The van der Waals surface area contributed by atoms with E-state index in [2.05, 4.69) is 20.4 Å². The number of nitrogens with one attached hydrogen (secondary N) is 1. The van der Waals surface area contributed by atoms with E-state index < -0.39 is 0 Å². The number of nitrogens with zero attached hydrogens (tertiary/aromatic N) is 4. The van der Waals surface area contributed by atoms with Crippen molar-refractivity contribution in [3.05, 3.63) is 52.4 Å². The van der Waals surface area contributed by atoms with Crippen LogP contribution >= 0.6 is 23.4 Å². The highest BCUT2D eigenvalue weighted by atomic mass is 35.5. The average Bonchev–Trinajstić information content (AvgIpc) is 3.35. The maximum absolute atomic E-state index is 12.5. The summed E-state index contributed by atoms with van der Waals surface area (Å²) < 4.78 is 7.61. The Morgan fingerprint density at radius 2 is 2.23 bits per heavy atom. The highest BCUT2D eigenvalue weighted by molar-refractivity contribution is 7.98. The molecule has 1 aliphatic rings. The van der Waals surface area contributed by atoms with Gasteiger partial charge in [-0.25, -0.2) is 9.97 Å². The molecule has 0 aliphatic carbocycles. The van der Waals surface area contributed by atoms with Crippen molar-refractivity contribution in [2.24, 2.45) is 7.05 Å². The molecule has 0 saturated carbocycles. The Hall–Kier alpha value is -2.58. The van der Waals surface area contributed by atoms with Gasteiger partial charge in [-0.2, -0.15) is 5.10 Å². The van der Waals surface area contributed by atoms with Crippen LogP contribution in [0.4, 0.5) is 0 Å². The molecular weight excluding hydrogens is 422 g/mol. The minimum absolute atomic E-state index is 0.165. The number of rotatable bonds is 6. The van der Waals surface area contributed by atoms with Gasteiger partial charge in [-0.05, 0) is 36.9 Å². The van der Waals surface area contributed by atoms with Crippen molar-refractivity contribution in [3.63, 3.8) is 0 Å². The van der Waals surface area contributed by atoms with Crippen molar-refractivity contribution in [1.82, 2.24) is 25.1 Å². The third kappa shape index (κ3) is 4.15. The molecule has 1 aliphatic heterocycles. The first-order valence-electron chi connectivity index (χ1n) is 9.66. The molecule has 0 unspecified atom stereocenters. The molecule has 3 heterocycles. The van der Waals surface area contributed by atoms with E-state index >= 15 is 0 Å². The molecule has 2 aromatic heterocycles. The van der Waals surface area contributed by atoms with Crippen molar-refractivity contribution >= 4 is 29.3 Å². The SMILES string of the molecule is CCc1cc(C(=O)NC[C@H]2Cc3cc(-c4ccnc(SC)n4)cc(Cl)c3O2)n(C)n1. The lowest BCUT2D eigenvalue weighted by Crippen LogP contribution is -2.35. The second-order valence-electron chi connectivity index (χ2n) is 7.03. The standard InChI is InChI=1S/C21H22ClN5O2S/c1-4-14-10-18(27(2)26-14)20(28)24-11-15-8-13-7-12(9-16(22)19(13)29-15)17-5-6-23-21(25-17)30-3/h5-7,9-10,15H,4,8,11H2,1-3H3,(H,24,28)/t15-/m1/s1. The molecule has 1 N–H and O–H groups in total. The van der Waals surface area contributed by atoms with Gasteiger partial charge in [-0.3, -0.25) is 9.48 Å². The molecular formula is C21H22ClN5O2S. The molecule has 3 aromatic rings. The Morgan fingerprint density at radius 3 is 2.97 bits per heavy atom. The quantitative estimate of drug-likeness (QED) is 0.463. The molecule has 0 bridgehead atoms. The molecule has 0 saturated heterocycles. The first-order valence-corrected chi connectivity index (χ1v) is 11.3. The van der Waals surface area contributed by atoms with Gasteiger partial charge in [-0.15, -0.1) is 0 Å². The number of aryl methyl sites for hydroxylation is 2. The lowest BCUT2D eigenvalue weighted by Gasteiger charge is -2.12. The van der Waals surface area contributed by atoms with Gasteiger partial charge in [0, 0.05) is 30.8 Å². The number of halogens is 1. The lowest BCUT2D eigenvalue weighted by molar-refractivity contribution is 0.0924. The molecule has 1 atom stereocenters. The molecule has 4 rings (SSSR count). The monoisotopic (exact) mass is 443 g/mol. The van der Waals surface area contributed by atoms with Gasteiger partial charge in [0.1, 0.15) is 17.5 Å². The van der Waals surface area contributed by atoms with E-state index in [1.165, 1.54) is 11.8 Å². The molecule has 1 aromatic carbocycles. The zero-order valence-corrected chi connectivity index (χ0v) is 18.5. The van der Waals surface area contributed by atoms with Crippen molar-refractivity contribution in [2.45, 2.75) is 31.0 Å². The first-order chi connectivity index (χ1) is 14.5. The van der Waals surface area contributed by atoms with E-state index in [4.69, 9.17) is 16.3 Å². The smallest absolute Gasteiger partial charge is 0.269 e. The van der Waals surface area contributed by atoms with E-state index in [9.17, 15) is 4.79 Å². The molecule has 156 valence electrons. The number of hydrogen-bond donors (Lipinski definition) is 1. The number of carbonyl (C=O) groups excluding carboxylic acids is 1. The molecule has 0 radical (unpaired) electrons. The van der Waals surface area contributed by atoms with E-state index in [0.717, 1.165) is 28.9 Å². The van der Waals surface area contributed by atoms with Crippen LogP contribution in [0.3, 0.4) is 0 Å². The second kappa shape index (κ2) is 8.65. The zero-order valence-electron chi connectivity index (χ0n) is 17.0. The van der Waals surface area contributed by atoms with Gasteiger partial charge in [-0.1, -0.05) is 30.3 Å². The van der Waals surface area contributed by atoms with Crippen LogP contribution < -0.4 is 10.1 Å². The Bertz CT molecular complexity index is 1100. The van der Waals surface area contributed by atoms with Crippen molar-refractivity contribution in [1.29, 1.82) is 0 Å². The Balaban J connectivity index is 1.46. The van der Waals surface area contributed by atoms with Crippen LogP contribution in [-0.2, 0) is 19.9 Å². The predicted molar refractivity (Wildman–Crippen MR) is 117 cm³/mol. The van der Waals surface area contributed by atoms with Crippen LogP contribution in [0.2, 0.25) is 5.02 Å². The highest BCUT2D eigenvalue weighted by Crippen LogP contribution is 2.39. The maximum atomic E-state index is 12.5. The summed E-state index contributed by atoms with van der Waals surface area (Å²) in [6, 6.07) is 7.58. The minimum Gasteiger partial charge on any atom is -0.486 e. The summed E-state index contributed by atoms with van der Waals surface area (Å²) in [7, 11) is 1.77. The van der Waals surface area contributed by atoms with Gasteiger partial charge >= 0.3 is 0 Å². The summed E-state index contributed by atoms with van der Waals surface area (Å²) in [4.78, 5) is 21.3. The van der Waals surface area contributed by atoms with Crippen LogP contribution in [-0.4, -0.2) is 44.6 Å². The van der Waals surface area contributed by atoms with E-state index in [1.807, 2.05) is 37.4 Å². The fourth-order valence-corrected chi connectivity index (χ4v) is 4.10. The van der Waals surface area contributed by atoms with Crippen molar-refractivity contribution < 1.29 is 9.53 Å². The second-order valence-corrected chi connectivity index (χ2v) is 8.21. The number of hydrogen-bond acceptors (Lipinski definition) is 6. The summed E-state index contributed by atoms with van der Waals surface area (Å²) >= 11 is 7.98. The number of ether oxygens (including phenoxy) is 1. The number of carbonyl (C=O) groups is 1. The summed E-state index contributed by atoms with van der Waals surface area (Å²) in [5.41, 5.74) is 4.18. The van der Waals surface area contributed by atoms with E-state index in [0.29, 0.717) is 34.6 Å². The van der Waals surface area contributed by atoms with E-state index in [-0.39, 0.29) is 12.0 Å². The lowest BCUT2D eigenvalue weighted by atomic mass is 10.0. The number of benzene rings is 1. The number of aromatic nitrogens is 4. The van der Waals surface area contributed by atoms with E-state index in [1.54, 1.807) is 17.9 Å². The number of thioether (sulfide) groups is 1. The summed E-state index contributed by atoms with van der Waals surface area (Å²) in [5, 5.41) is 8.52. The van der Waals surface area contributed by atoms with Crippen LogP contribution in [0.15, 0.2) is 35.6 Å². The third-order valence-corrected chi connectivity index (χ3v) is 5.82. The average molecular weight is 444 g/mol. The normalized spacial score (nSPS) is 15.0. The highest BCUT2D eigenvalue weighted by Gasteiger charge is 2.27. The van der Waals surface area contributed by atoms with Gasteiger partial charge in [0.05, 0.1) is 23.0 Å². The Kier molecular flexibility index (Phi) is 5.97. The fraction of sp³-hybridized carbons (Fsp3) is 0.333. The minimum atomic E-state index is -0.178. The maximum Gasteiger partial charge on any atom is 0.269 e. The Morgan fingerprint density at radius 1 is 1.40 bits per heavy atom. The molecule has 0 fully saturated rings. The molecule has 30 heavy (non-hydrogen) atoms. The predicted octanol–water partition coefficient (Wildman–Crippen LogP) is 3.55. The van der Waals surface area contributed by atoms with Crippen molar-refractivity contribution in [3.8, 4) is 17.0 Å². The van der Waals surface area contributed by atoms with Gasteiger partial charge in [0.15, 0.2) is 5.16 Å². The molecule has 1 amide bonds. The molecule has 7 nitrogen and oxygen atoms in total. The van der Waals surface area contributed by atoms with Crippen molar-refractivity contribution in [2.75, 3.05) is 12.8 Å².